The summed E-state index contributed by atoms with van der Waals surface area (Å²) in [6.07, 6.45) is 0. The quantitative estimate of drug-likeness (QED) is 0.502. The number of fused-ring (bicyclic) bond motifs is 1. The minimum atomic E-state index is -0.246. The highest BCUT2D eigenvalue weighted by atomic mass is 35.5. The molecule has 21 heavy (non-hydrogen) atoms. The van der Waals surface area contributed by atoms with Gasteiger partial charge in [0.2, 0.25) is 0 Å². The monoisotopic (exact) mass is 318 g/mol. The molecule has 0 spiro atoms. The average molecular weight is 319 g/mol. The van der Waals surface area contributed by atoms with Crippen molar-refractivity contribution in [2.24, 2.45) is 0 Å². The van der Waals surface area contributed by atoms with Crippen molar-refractivity contribution < 1.29 is 4.42 Å². The second kappa shape index (κ2) is 5.40. The molecule has 1 atom stereocenters. The summed E-state index contributed by atoms with van der Waals surface area (Å²) in [4.78, 5) is 0. The summed E-state index contributed by atoms with van der Waals surface area (Å²) in [7, 11) is 0. The Morgan fingerprint density at radius 3 is 2.19 bits per heavy atom. The van der Waals surface area contributed by atoms with E-state index in [-0.39, 0.29) is 5.38 Å². The zero-order valence-corrected chi connectivity index (χ0v) is 13.7. The SMILES string of the molecule is Cc1oc(C)c(C(Cl)c2ccc(Cl)c3ccccc23)c1C. The van der Waals surface area contributed by atoms with Crippen LogP contribution in [-0.2, 0) is 0 Å². The second-order valence-corrected chi connectivity index (χ2v) is 6.14. The van der Waals surface area contributed by atoms with E-state index in [2.05, 4.69) is 13.0 Å². The predicted molar refractivity (Wildman–Crippen MR) is 89.6 cm³/mol. The first-order valence-corrected chi connectivity index (χ1v) is 7.70. The number of hydrogen-bond donors (Lipinski definition) is 0. The Hall–Kier alpha value is -1.44. The van der Waals surface area contributed by atoms with Gasteiger partial charge in [-0.05, 0) is 43.4 Å². The minimum Gasteiger partial charge on any atom is -0.466 e. The summed E-state index contributed by atoms with van der Waals surface area (Å²) >= 11 is 13.1. The molecule has 0 saturated carbocycles. The fraction of sp³-hybridized carbons (Fsp3) is 0.222. The number of benzene rings is 2. The molecule has 0 aliphatic carbocycles. The van der Waals surface area contributed by atoms with E-state index in [4.69, 9.17) is 27.6 Å². The molecule has 1 aromatic heterocycles. The van der Waals surface area contributed by atoms with Gasteiger partial charge >= 0.3 is 0 Å². The third kappa shape index (κ3) is 2.35. The van der Waals surface area contributed by atoms with Crippen LogP contribution in [0.5, 0.6) is 0 Å². The standard InChI is InChI=1S/C18H16Cl2O/c1-10-11(2)21-12(3)17(10)18(20)15-8-9-16(19)14-7-5-4-6-13(14)15/h4-9,18H,1-3H3. The smallest absolute Gasteiger partial charge is 0.106 e. The van der Waals surface area contributed by atoms with Crippen LogP contribution in [-0.4, -0.2) is 0 Å². The first-order chi connectivity index (χ1) is 10.0. The third-order valence-electron chi connectivity index (χ3n) is 4.05. The maximum Gasteiger partial charge on any atom is 0.106 e. The van der Waals surface area contributed by atoms with Gasteiger partial charge in [0.25, 0.3) is 0 Å². The summed E-state index contributed by atoms with van der Waals surface area (Å²) in [5.41, 5.74) is 3.23. The Balaban J connectivity index is 2.23. The van der Waals surface area contributed by atoms with Crippen molar-refractivity contribution in [2.45, 2.75) is 26.1 Å². The molecule has 108 valence electrons. The molecule has 1 unspecified atom stereocenters. The molecule has 1 nitrogen and oxygen atoms in total. The van der Waals surface area contributed by atoms with E-state index in [1.807, 2.05) is 44.2 Å². The number of furan rings is 1. The summed E-state index contributed by atoms with van der Waals surface area (Å²) < 4.78 is 5.71. The van der Waals surface area contributed by atoms with E-state index >= 15 is 0 Å². The van der Waals surface area contributed by atoms with Crippen molar-refractivity contribution in [3.05, 3.63) is 69.6 Å². The van der Waals surface area contributed by atoms with Gasteiger partial charge in [0.15, 0.2) is 0 Å². The van der Waals surface area contributed by atoms with Gasteiger partial charge in [0.1, 0.15) is 11.5 Å². The molecular weight excluding hydrogens is 303 g/mol. The molecule has 0 aliphatic rings. The lowest BCUT2D eigenvalue weighted by Crippen LogP contribution is -1.97. The average Bonchev–Trinajstić information content (AvgIpc) is 2.72. The van der Waals surface area contributed by atoms with Crippen LogP contribution in [0, 0.1) is 20.8 Å². The molecule has 3 aromatic rings. The lowest BCUT2D eigenvalue weighted by Gasteiger charge is -2.14. The van der Waals surface area contributed by atoms with Crippen LogP contribution in [0.2, 0.25) is 5.02 Å². The van der Waals surface area contributed by atoms with Gasteiger partial charge < -0.3 is 4.42 Å². The Labute approximate surface area is 134 Å². The summed E-state index contributed by atoms with van der Waals surface area (Å²) in [6.45, 7) is 5.98. The Morgan fingerprint density at radius 2 is 1.57 bits per heavy atom. The molecule has 0 N–H and O–H groups in total. The van der Waals surface area contributed by atoms with Gasteiger partial charge in [-0.15, -0.1) is 11.6 Å². The Bertz CT molecular complexity index is 817. The van der Waals surface area contributed by atoms with Gasteiger partial charge in [0.05, 0.1) is 5.38 Å². The summed E-state index contributed by atoms with van der Waals surface area (Å²) in [6, 6.07) is 12.0. The predicted octanol–water partition coefficient (Wildman–Crippen LogP) is 6.34. The van der Waals surface area contributed by atoms with E-state index in [9.17, 15) is 0 Å². The van der Waals surface area contributed by atoms with Gasteiger partial charge in [-0.25, -0.2) is 0 Å². The number of aryl methyl sites for hydroxylation is 2. The van der Waals surface area contributed by atoms with E-state index in [0.29, 0.717) is 0 Å². The van der Waals surface area contributed by atoms with Gasteiger partial charge in [-0.3, -0.25) is 0 Å². The molecule has 0 bridgehead atoms. The van der Waals surface area contributed by atoms with Crippen LogP contribution in [0.1, 0.15) is 33.6 Å². The number of hydrogen-bond acceptors (Lipinski definition) is 1. The second-order valence-electron chi connectivity index (χ2n) is 5.30. The van der Waals surface area contributed by atoms with E-state index in [0.717, 1.165) is 44.0 Å². The van der Waals surface area contributed by atoms with E-state index in [1.165, 1.54) is 0 Å². The molecule has 3 rings (SSSR count). The minimum absolute atomic E-state index is 0.246. The van der Waals surface area contributed by atoms with Crippen molar-refractivity contribution in [1.82, 2.24) is 0 Å². The lowest BCUT2D eigenvalue weighted by atomic mass is 9.96. The van der Waals surface area contributed by atoms with Crippen LogP contribution in [0.4, 0.5) is 0 Å². The summed E-state index contributed by atoms with van der Waals surface area (Å²) in [5, 5.41) is 2.61. The van der Waals surface area contributed by atoms with Crippen LogP contribution in [0.25, 0.3) is 10.8 Å². The molecule has 3 heteroatoms. The maximum absolute atomic E-state index is 6.78. The highest BCUT2D eigenvalue weighted by molar-refractivity contribution is 6.36. The van der Waals surface area contributed by atoms with Crippen molar-refractivity contribution >= 4 is 34.0 Å². The fourth-order valence-corrected chi connectivity index (χ4v) is 3.58. The van der Waals surface area contributed by atoms with Crippen LogP contribution in [0.3, 0.4) is 0 Å². The first kappa shape index (κ1) is 14.5. The molecule has 0 saturated heterocycles. The zero-order chi connectivity index (χ0) is 15.1. The largest absolute Gasteiger partial charge is 0.466 e. The zero-order valence-electron chi connectivity index (χ0n) is 12.2. The fourth-order valence-electron chi connectivity index (χ4n) is 2.85. The number of rotatable bonds is 2. The van der Waals surface area contributed by atoms with Gasteiger partial charge in [-0.2, -0.15) is 0 Å². The van der Waals surface area contributed by atoms with E-state index < -0.39 is 0 Å². The molecule has 1 heterocycles. The van der Waals surface area contributed by atoms with Gasteiger partial charge in [0, 0.05) is 16.0 Å². The van der Waals surface area contributed by atoms with Crippen molar-refractivity contribution in [3.8, 4) is 0 Å². The van der Waals surface area contributed by atoms with Crippen LogP contribution >= 0.6 is 23.2 Å². The van der Waals surface area contributed by atoms with E-state index in [1.54, 1.807) is 0 Å². The molecule has 2 aromatic carbocycles. The maximum atomic E-state index is 6.78. The number of alkyl halides is 1. The number of halogens is 2. The third-order valence-corrected chi connectivity index (χ3v) is 4.83. The molecular formula is C18H16Cl2O. The Kier molecular flexibility index (Phi) is 3.73. The highest BCUT2D eigenvalue weighted by Gasteiger charge is 2.22. The van der Waals surface area contributed by atoms with Crippen molar-refractivity contribution in [2.75, 3.05) is 0 Å². The lowest BCUT2D eigenvalue weighted by molar-refractivity contribution is 0.500. The topological polar surface area (TPSA) is 13.1 Å². The molecule has 0 fully saturated rings. The van der Waals surface area contributed by atoms with Crippen LogP contribution < -0.4 is 0 Å². The van der Waals surface area contributed by atoms with Crippen molar-refractivity contribution in [3.63, 3.8) is 0 Å². The Morgan fingerprint density at radius 1 is 0.905 bits per heavy atom. The molecule has 0 aliphatic heterocycles. The normalized spacial score (nSPS) is 12.8. The molecule has 0 radical (unpaired) electrons. The highest BCUT2D eigenvalue weighted by Crippen LogP contribution is 2.40. The summed E-state index contributed by atoms with van der Waals surface area (Å²) in [5.74, 6) is 1.80. The van der Waals surface area contributed by atoms with Gasteiger partial charge in [-0.1, -0.05) is 41.9 Å². The van der Waals surface area contributed by atoms with Crippen LogP contribution in [0.15, 0.2) is 40.8 Å². The van der Waals surface area contributed by atoms with Crippen molar-refractivity contribution in [1.29, 1.82) is 0 Å². The molecule has 0 amide bonds. The first-order valence-electron chi connectivity index (χ1n) is 6.88.